The van der Waals surface area contributed by atoms with E-state index in [1.807, 2.05) is 0 Å². The van der Waals surface area contributed by atoms with Gasteiger partial charge in [-0.25, -0.2) is 4.79 Å². The normalized spacial score (nSPS) is 11.1. The molecule has 0 bridgehead atoms. The Kier molecular flexibility index (Phi) is 2.89. The van der Waals surface area contributed by atoms with Crippen LogP contribution in [0.2, 0.25) is 0 Å². The highest BCUT2D eigenvalue weighted by Crippen LogP contribution is 2.12. The fraction of sp³-hybridized carbons (Fsp3) is 0.400. The van der Waals surface area contributed by atoms with Crippen molar-refractivity contribution in [2.24, 2.45) is 14.1 Å². The average Bonchev–Trinajstić information content (AvgIpc) is 2.68. The van der Waals surface area contributed by atoms with Crippen molar-refractivity contribution >= 4 is 23.1 Å². The third kappa shape index (κ3) is 1.88. The highest BCUT2D eigenvalue weighted by Gasteiger charge is 2.17. The smallest absolute Gasteiger partial charge is 0.332 e. The summed E-state index contributed by atoms with van der Waals surface area (Å²) in [6.07, 6.45) is -0.193. The first-order chi connectivity index (χ1) is 8.84. The SMILES string of the molecule is Cn1c(=O)c2c(nc(N)n2CCC(=O)O)n(C)c1=O. The van der Waals surface area contributed by atoms with Crippen LogP contribution in [-0.4, -0.2) is 29.8 Å². The van der Waals surface area contributed by atoms with Gasteiger partial charge in [0.05, 0.1) is 6.42 Å². The zero-order valence-corrected chi connectivity index (χ0v) is 10.5. The van der Waals surface area contributed by atoms with Crippen molar-refractivity contribution in [3.05, 3.63) is 20.8 Å². The van der Waals surface area contributed by atoms with E-state index in [-0.39, 0.29) is 30.1 Å². The molecule has 2 aromatic heterocycles. The number of aliphatic carboxylic acids is 1. The monoisotopic (exact) mass is 267 g/mol. The van der Waals surface area contributed by atoms with E-state index in [4.69, 9.17) is 10.8 Å². The minimum atomic E-state index is -1.01. The molecule has 2 heterocycles. The fourth-order valence-electron chi connectivity index (χ4n) is 1.90. The van der Waals surface area contributed by atoms with Crippen LogP contribution in [0.15, 0.2) is 9.59 Å². The average molecular weight is 267 g/mol. The molecule has 0 aromatic carbocycles. The highest BCUT2D eigenvalue weighted by molar-refractivity contribution is 5.74. The standard InChI is InChI=1S/C10H13N5O4/c1-13-7-6(8(18)14(2)10(13)19)15(9(11)12-7)4-3-5(16)17/h3-4H2,1-2H3,(H2,11,12)(H,16,17). The van der Waals surface area contributed by atoms with Gasteiger partial charge in [-0.1, -0.05) is 0 Å². The maximum Gasteiger partial charge on any atom is 0.332 e. The molecular weight excluding hydrogens is 254 g/mol. The Morgan fingerprint density at radius 1 is 1.32 bits per heavy atom. The molecule has 0 spiro atoms. The molecule has 9 heteroatoms. The van der Waals surface area contributed by atoms with E-state index >= 15 is 0 Å². The van der Waals surface area contributed by atoms with Gasteiger partial charge in [-0.05, 0) is 0 Å². The summed E-state index contributed by atoms with van der Waals surface area (Å²) in [7, 11) is 2.81. The van der Waals surface area contributed by atoms with Crippen LogP contribution in [-0.2, 0) is 25.4 Å². The van der Waals surface area contributed by atoms with Crippen molar-refractivity contribution in [3.8, 4) is 0 Å². The van der Waals surface area contributed by atoms with E-state index in [9.17, 15) is 14.4 Å². The summed E-state index contributed by atoms with van der Waals surface area (Å²) >= 11 is 0. The molecule has 19 heavy (non-hydrogen) atoms. The van der Waals surface area contributed by atoms with E-state index in [1.54, 1.807) is 0 Å². The second kappa shape index (κ2) is 4.26. The Labute approximate surface area is 106 Å². The van der Waals surface area contributed by atoms with Gasteiger partial charge in [0, 0.05) is 20.6 Å². The number of imidazole rings is 1. The maximum absolute atomic E-state index is 12.1. The number of nitrogens with two attached hydrogens (primary N) is 1. The van der Waals surface area contributed by atoms with Crippen molar-refractivity contribution in [2.75, 3.05) is 5.73 Å². The minimum absolute atomic E-state index is 0.00884. The number of carboxylic acid groups (broad SMARTS) is 1. The number of carboxylic acids is 1. The van der Waals surface area contributed by atoms with Crippen LogP contribution in [0.3, 0.4) is 0 Å². The molecule has 0 saturated carbocycles. The van der Waals surface area contributed by atoms with Crippen molar-refractivity contribution in [1.82, 2.24) is 18.7 Å². The molecule has 0 aliphatic heterocycles. The second-order valence-corrected chi connectivity index (χ2v) is 4.14. The molecule has 2 rings (SSSR count). The fourth-order valence-corrected chi connectivity index (χ4v) is 1.90. The first-order valence-electron chi connectivity index (χ1n) is 5.48. The number of anilines is 1. The Bertz CT molecular complexity index is 782. The number of hydrogen-bond donors (Lipinski definition) is 2. The molecule has 0 aliphatic carbocycles. The van der Waals surface area contributed by atoms with Crippen molar-refractivity contribution in [2.45, 2.75) is 13.0 Å². The number of carbonyl (C=O) groups is 1. The quantitative estimate of drug-likeness (QED) is 0.696. The number of aryl methyl sites for hydroxylation is 2. The van der Waals surface area contributed by atoms with Crippen LogP contribution < -0.4 is 17.0 Å². The number of nitrogens with zero attached hydrogens (tertiary/aromatic N) is 4. The molecule has 9 nitrogen and oxygen atoms in total. The summed E-state index contributed by atoms with van der Waals surface area (Å²) in [6.45, 7) is 0.0190. The summed E-state index contributed by atoms with van der Waals surface area (Å²) in [6, 6.07) is 0. The van der Waals surface area contributed by atoms with Crippen LogP contribution >= 0.6 is 0 Å². The highest BCUT2D eigenvalue weighted by atomic mass is 16.4. The first-order valence-corrected chi connectivity index (χ1v) is 5.48. The van der Waals surface area contributed by atoms with E-state index < -0.39 is 17.2 Å². The van der Waals surface area contributed by atoms with Crippen LogP contribution in [0.1, 0.15) is 6.42 Å². The summed E-state index contributed by atoms with van der Waals surface area (Å²) in [5.41, 5.74) is 4.89. The summed E-state index contributed by atoms with van der Waals surface area (Å²) < 4.78 is 3.44. The third-order valence-corrected chi connectivity index (χ3v) is 2.93. The zero-order chi connectivity index (χ0) is 14.3. The zero-order valence-electron chi connectivity index (χ0n) is 10.5. The maximum atomic E-state index is 12.1. The van der Waals surface area contributed by atoms with Gasteiger partial charge in [0.1, 0.15) is 0 Å². The predicted octanol–water partition coefficient (Wildman–Crippen LogP) is -1.51. The van der Waals surface area contributed by atoms with Crippen molar-refractivity contribution < 1.29 is 9.90 Å². The van der Waals surface area contributed by atoms with Gasteiger partial charge in [-0.2, -0.15) is 4.98 Å². The van der Waals surface area contributed by atoms with Gasteiger partial charge < -0.3 is 15.4 Å². The molecule has 2 aromatic rings. The van der Waals surface area contributed by atoms with Gasteiger partial charge >= 0.3 is 11.7 Å². The first kappa shape index (κ1) is 12.9. The lowest BCUT2D eigenvalue weighted by molar-refractivity contribution is -0.137. The van der Waals surface area contributed by atoms with Gasteiger partial charge in [0.2, 0.25) is 5.95 Å². The molecular formula is C10H13N5O4. The molecule has 0 aliphatic rings. The Morgan fingerprint density at radius 3 is 2.53 bits per heavy atom. The topological polar surface area (TPSA) is 125 Å². The van der Waals surface area contributed by atoms with Gasteiger partial charge in [-0.3, -0.25) is 18.7 Å². The van der Waals surface area contributed by atoms with E-state index in [0.29, 0.717) is 0 Å². The lowest BCUT2D eigenvalue weighted by Crippen LogP contribution is -2.37. The minimum Gasteiger partial charge on any atom is -0.481 e. The number of rotatable bonds is 3. The molecule has 0 atom stereocenters. The van der Waals surface area contributed by atoms with Gasteiger partial charge in [0.25, 0.3) is 5.56 Å². The van der Waals surface area contributed by atoms with Crippen LogP contribution in [0.4, 0.5) is 5.95 Å². The Balaban J connectivity index is 2.80. The van der Waals surface area contributed by atoms with Gasteiger partial charge in [-0.15, -0.1) is 0 Å². The molecule has 0 saturated heterocycles. The summed E-state index contributed by atoms with van der Waals surface area (Å²) in [4.78, 5) is 38.4. The Morgan fingerprint density at radius 2 is 1.95 bits per heavy atom. The summed E-state index contributed by atoms with van der Waals surface area (Å²) in [5, 5.41) is 8.68. The van der Waals surface area contributed by atoms with Crippen LogP contribution in [0.5, 0.6) is 0 Å². The predicted molar refractivity (Wildman–Crippen MR) is 66.9 cm³/mol. The molecule has 0 fully saturated rings. The number of hydrogen-bond acceptors (Lipinski definition) is 5. The number of nitrogen functional groups attached to an aromatic ring is 1. The van der Waals surface area contributed by atoms with Gasteiger partial charge in [0.15, 0.2) is 11.2 Å². The number of fused-ring (bicyclic) bond motifs is 1. The van der Waals surface area contributed by atoms with E-state index in [0.717, 1.165) is 4.57 Å². The van der Waals surface area contributed by atoms with Crippen molar-refractivity contribution in [3.63, 3.8) is 0 Å². The lowest BCUT2D eigenvalue weighted by Gasteiger charge is -2.06. The molecule has 0 radical (unpaired) electrons. The largest absolute Gasteiger partial charge is 0.481 e. The third-order valence-electron chi connectivity index (χ3n) is 2.93. The van der Waals surface area contributed by atoms with Crippen LogP contribution in [0.25, 0.3) is 11.2 Å². The lowest BCUT2D eigenvalue weighted by atomic mass is 10.4. The molecule has 3 N–H and O–H groups in total. The van der Waals surface area contributed by atoms with E-state index in [1.165, 1.54) is 23.2 Å². The molecule has 102 valence electrons. The Hall–Kier alpha value is -2.58. The van der Waals surface area contributed by atoms with E-state index in [2.05, 4.69) is 4.98 Å². The van der Waals surface area contributed by atoms with Crippen LogP contribution in [0, 0.1) is 0 Å². The number of aromatic nitrogens is 4. The molecule has 0 amide bonds. The second-order valence-electron chi connectivity index (χ2n) is 4.14. The molecule has 0 unspecified atom stereocenters. The van der Waals surface area contributed by atoms with Crippen molar-refractivity contribution in [1.29, 1.82) is 0 Å². The summed E-state index contributed by atoms with van der Waals surface area (Å²) in [5.74, 6) is -1.00.